The van der Waals surface area contributed by atoms with Gasteiger partial charge in [0.05, 0.1) is 5.69 Å². The van der Waals surface area contributed by atoms with Crippen LogP contribution < -0.4 is 4.74 Å². The van der Waals surface area contributed by atoms with Gasteiger partial charge in [-0.3, -0.25) is 0 Å². The van der Waals surface area contributed by atoms with E-state index < -0.39 is 5.97 Å². The zero-order valence-electron chi connectivity index (χ0n) is 12.3. The lowest BCUT2D eigenvalue weighted by Crippen LogP contribution is -2.11. The topological polar surface area (TPSA) is 72.3 Å². The van der Waals surface area contributed by atoms with Crippen molar-refractivity contribution < 1.29 is 14.6 Å². The molecule has 0 saturated heterocycles. The maximum absolute atomic E-state index is 11.1. The first-order chi connectivity index (χ1) is 9.88. The van der Waals surface area contributed by atoms with Crippen LogP contribution in [-0.2, 0) is 12.0 Å². The lowest BCUT2D eigenvalue weighted by molar-refractivity contribution is 0.0692. The van der Waals surface area contributed by atoms with Crippen LogP contribution in [0.2, 0.25) is 0 Å². The molecule has 0 unspecified atom stereocenters. The van der Waals surface area contributed by atoms with Gasteiger partial charge in [-0.1, -0.05) is 32.9 Å². The molecule has 2 rings (SSSR count). The molecule has 0 spiro atoms. The van der Waals surface area contributed by atoms with Crippen molar-refractivity contribution in [2.75, 3.05) is 0 Å². The predicted octanol–water partition coefficient (Wildman–Crippen LogP) is 3.05. The predicted molar refractivity (Wildman–Crippen MR) is 78.5 cm³/mol. The number of carboxylic acids is 1. The number of hydrogen-bond acceptors (Lipinski definition) is 4. The number of aromatic carboxylic acids is 1. The third kappa shape index (κ3) is 3.78. The van der Waals surface area contributed by atoms with Crippen LogP contribution in [0.3, 0.4) is 0 Å². The molecule has 0 aliphatic rings. The Morgan fingerprint density at radius 3 is 2.76 bits per heavy atom. The van der Waals surface area contributed by atoms with Crippen LogP contribution in [0.5, 0.6) is 5.75 Å². The first-order valence-electron chi connectivity index (χ1n) is 6.63. The van der Waals surface area contributed by atoms with Gasteiger partial charge in [0.1, 0.15) is 24.2 Å². The number of benzene rings is 1. The minimum atomic E-state index is -1.06. The summed E-state index contributed by atoms with van der Waals surface area (Å²) in [5, 5.41) is 9.08. The van der Waals surface area contributed by atoms with E-state index in [-0.39, 0.29) is 17.6 Å². The third-order valence-electron chi connectivity index (χ3n) is 3.10. The summed E-state index contributed by atoms with van der Waals surface area (Å²) in [6.07, 6.45) is 2.59. The summed E-state index contributed by atoms with van der Waals surface area (Å²) < 4.78 is 5.67. The minimum Gasteiger partial charge on any atom is -0.487 e. The maximum atomic E-state index is 11.1. The van der Waals surface area contributed by atoms with Crippen molar-refractivity contribution in [3.05, 3.63) is 53.6 Å². The number of aromatic nitrogens is 2. The number of carbonyl (C=O) groups is 1. The summed E-state index contributed by atoms with van der Waals surface area (Å²) in [7, 11) is 0. The summed E-state index contributed by atoms with van der Waals surface area (Å²) in [5.41, 5.74) is 1.60. The fourth-order valence-corrected chi connectivity index (χ4v) is 1.85. The van der Waals surface area contributed by atoms with Crippen molar-refractivity contribution in [3.8, 4) is 5.75 Å². The Hall–Kier alpha value is -2.43. The molecule has 1 heterocycles. The number of carboxylic acid groups (broad SMARTS) is 1. The fraction of sp³-hybridized carbons (Fsp3) is 0.312. The van der Waals surface area contributed by atoms with Crippen LogP contribution in [0.25, 0.3) is 0 Å². The van der Waals surface area contributed by atoms with Gasteiger partial charge in [0.2, 0.25) is 0 Å². The lowest BCUT2D eigenvalue weighted by Gasteiger charge is -2.19. The van der Waals surface area contributed by atoms with Gasteiger partial charge in [-0.15, -0.1) is 0 Å². The highest BCUT2D eigenvalue weighted by Gasteiger charge is 2.15. The van der Waals surface area contributed by atoms with E-state index in [0.717, 1.165) is 5.56 Å². The van der Waals surface area contributed by atoms with Crippen molar-refractivity contribution in [3.63, 3.8) is 0 Å². The molecule has 0 fully saturated rings. The standard InChI is InChI=1S/C16H18N2O3/c1-16(2,3)11-5-4-6-12(7-11)21-9-14-13(15(19)20)8-17-10-18-14/h4-8,10H,9H2,1-3H3,(H,19,20). The first-order valence-corrected chi connectivity index (χ1v) is 6.63. The van der Waals surface area contributed by atoms with Crippen LogP contribution in [0, 0.1) is 0 Å². The Kier molecular flexibility index (Phi) is 4.21. The van der Waals surface area contributed by atoms with Gasteiger partial charge in [0, 0.05) is 6.20 Å². The molecule has 0 saturated carbocycles. The molecule has 0 amide bonds. The normalized spacial score (nSPS) is 11.2. The van der Waals surface area contributed by atoms with E-state index in [9.17, 15) is 4.79 Å². The van der Waals surface area contributed by atoms with Crippen LogP contribution >= 0.6 is 0 Å². The molecule has 0 aliphatic heterocycles. The van der Waals surface area contributed by atoms with E-state index in [4.69, 9.17) is 9.84 Å². The quantitative estimate of drug-likeness (QED) is 0.935. The van der Waals surface area contributed by atoms with Crippen molar-refractivity contribution in [2.45, 2.75) is 32.8 Å². The summed E-state index contributed by atoms with van der Waals surface area (Å²) in [6, 6.07) is 7.77. The Labute approximate surface area is 123 Å². The van der Waals surface area contributed by atoms with E-state index in [1.54, 1.807) is 0 Å². The molecule has 21 heavy (non-hydrogen) atoms. The van der Waals surface area contributed by atoms with Crippen LogP contribution in [-0.4, -0.2) is 21.0 Å². The maximum Gasteiger partial charge on any atom is 0.339 e. The molecule has 0 bridgehead atoms. The van der Waals surface area contributed by atoms with Crippen LogP contribution in [0.4, 0.5) is 0 Å². The monoisotopic (exact) mass is 286 g/mol. The van der Waals surface area contributed by atoms with Crippen LogP contribution in [0.15, 0.2) is 36.8 Å². The highest BCUT2D eigenvalue weighted by molar-refractivity contribution is 5.88. The van der Waals surface area contributed by atoms with E-state index >= 15 is 0 Å². The Bertz CT molecular complexity index is 648. The zero-order valence-corrected chi connectivity index (χ0v) is 12.3. The van der Waals surface area contributed by atoms with Crippen molar-refractivity contribution in [2.24, 2.45) is 0 Å². The molecule has 2 aromatic rings. The summed E-state index contributed by atoms with van der Waals surface area (Å²) in [5.74, 6) is -0.366. The second-order valence-electron chi connectivity index (χ2n) is 5.75. The van der Waals surface area contributed by atoms with Gasteiger partial charge in [-0.2, -0.15) is 0 Å². The highest BCUT2D eigenvalue weighted by atomic mass is 16.5. The van der Waals surface area contributed by atoms with Crippen LogP contribution in [0.1, 0.15) is 42.4 Å². The van der Waals surface area contributed by atoms with Crippen molar-refractivity contribution >= 4 is 5.97 Å². The van der Waals surface area contributed by atoms with Gasteiger partial charge in [0.25, 0.3) is 0 Å². The SMILES string of the molecule is CC(C)(C)c1cccc(OCc2ncncc2C(=O)O)c1. The molecule has 1 aromatic heterocycles. The molecule has 5 nitrogen and oxygen atoms in total. The summed E-state index contributed by atoms with van der Waals surface area (Å²) >= 11 is 0. The number of rotatable bonds is 4. The molecule has 1 N–H and O–H groups in total. The van der Waals surface area contributed by atoms with Gasteiger partial charge in [-0.05, 0) is 23.1 Å². The molecular weight excluding hydrogens is 268 g/mol. The molecule has 1 aromatic carbocycles. The van der Waals surface area contributed by atoms with Crippen molar-refractivity contribution in [1.29, 1.82) is 0 Å². The zero-order chi connectivity index (χ0) is 15.5. The second-order valence-corrected chi connectivity index (χ2v) is 5.75. The first kappa shape index (κ1) is 15.0. The van der Waals surface area contributed by atoms with Gasteiger partial charge in [-0.25, -0.2) is 14.8 Å². The molecule has 0 atom stereocenters. The Morgan fingerprint density at radius 2 is 2.10 bits per heavy atom. The fourth-order valence-electron chi connectivity index (χ4n) is 1.85. The lowest BCUT2D eigenvalue weighted by atomic mass is 9.87. The molecular formula is C16H18N2O3. The van der Waals surface area contributed by atoms with E-state index in [1.807, 2.05) is 24.3 Å². The summed E-state index contributed by atoms with van der Waals surface area (Å²) in [6.45, 7) is 6.47. The molecule has 0 aliphatic carbocycles. The van der Waals surface area contributed by atoms with Gasteiger partial charge < -0.3 is 9.84 Å². The number of ether oxygens (including phenoxy) is 1. The molecule has 110 valence electrons. The smallest absolute Gasteiger partial charge is 0.339 e. The number of nitrogens with zero attached hydrogens (tertiary/aromatic N) is 2. The van der Waals surface area contributed by atoms with Crippen molar-refractivity contribution in [1.82, 2.24) is 9.97 Å². The third-order valence-corrected chi connectivity index (χ3v) is 3.10. The van der Waals surface area contributed by atoms with Gasteiger partial charge >= 0.3 is 5.97 Å². The molecule has 0 radical (unpaired) electrons. The highest BCUT2D eigenvalue weighted by Crippen LogP contribution is 2.26. The van der Waals surface area contributed by atoms with E-state index in [0.29, 0.717) is 11.4 Å². The minimum absolute atomic E-state index is 0.0283. The average molecular weight is 286 g/mol. The summed E-state index contributed by atoms with van der Waals surface area (Å²) in [4.78, 5) is 18.8. The van der Waals surface area contributed by atoms with E-state index in [1.165, 1.54) is 12.5 Å². The largest absolute Gasteiger partial charge is 0.487 e. The van der Waals surface area contributed by atoms with Gasteiger partial charge in [0.15, 0.2) is 0 Å². The molecule has 5 heteroatoms. The average Bonchev–Trinajstić information content (AvgIpc) is 2.45. The van der Waals surface area contributed by atoms with E-state index in [2.05, 4.69) is 30.7 Å². The number of hydrogen-bond donors (Lipinski definition) is 1. The second kappa shape index (κ2) is 5.91. The Morgan fingerprint density at radius 1 is 1.33 bits per heavy atom. The Balaban J connectivity index is 2.16.